The summed E-state index contributed by atoms with van der Waals surface area (Å²) in [6.07, 6.45) is 0.881. The maximum absolute atomic E-state index is 6.10. The average Bonchev–Trinajstić information content (AvgIpc) is 2.21. The van der Waals surface area contributed by atoms with Crippen LogP contribution in [0.3, 0.4) is 0 Å². The molecule has 84 valence electrons. The summed E-state index contributed by atoms with van der Waals surface area (Å²) in [4.78, 5) is 0. The van der Waals surface area contributed by atoms with E-state index < -0.39 is 0 Å². The van der Waals surface area contributed by atoms with Gasteiger partial charge in [-0.05, 0) is 24.0 Å². The quantitative estimate of drug-likeness (QED) is 0.894. The van der Waals surface area contributed by atoms with Crippen LogP contribution in [0.4, 0.5) is 0 Å². The minimum absolute atomic E-state index is 0.142. The predicted molar refractivity (Wildman–Crippen MR) is 66.9 cm³/mol. The summed E-state index contributed by atoms with van der Waals surface area (Å²) in [5.41, 5.74) is 7.36. The topological polar surface area (TPSA) is 35.2 Å². The largest absolute Gasteiger partial charge is 0.384 e. The number of rotatable bonds is 5. The number of halogens is 1. The van der Waals surface area contributed by atoms with Crippen LogP contribution in [0.25, 0.3) is 0 Å². The summed E-state index contributed by atoms with van der Waals surface area (Å²) in [7, 11) is 1.71. The molecule has 0 aliphatic carbocycles. The molecule has 0 aliphatic rings. The lowest BCUT2D eigenvalue weighted by atomic mass is 9.96. The van der Waals surface area contributed by atoms with Crippen LogP contribution in [-0.4, -0.2) is 19.8 Å². The van der Waals surface area contributed by atoms with Gasteiger partial charge in [-0.15, -0.1) is 0 Å². The molecule has 0 amide bonds. The molecule has 0 heterocycles. The molecule has 0 radical (unpaired) electrons. The van der Waals surface area contributed by atoms with Gasteiger partial charge < -0.3 is 10.5 Å². The van der Waals surface area contributed by atoms with E-state index >= 15 is 0 Å². The Kier molecular flexibility index (Phi) is 5.29. The highest BCUT2D eigenvalue weighted by molar-refractivity contribution is 9.10. The van der Waals surface area contributed by atoms with Gasteiger partial charge in [0.1, 0.15) is 0 Å². The van der Waals surface area contributed by atoms with Crippen molar-refractivity contribution in [1.29, 1.82) is 0 Å². The van der Waals surface area contributed by atoms with Crippen molar-refractivity contribution in [3.8, 4) is 0 Å². The van der Waals surface area contributed by atoms with Crippen LogP contribution in [0, 0.1) is 5.92 Å². The Morgan fingerprint density at radius 3 is 2.67 bits per heavy atom. The van der Waals surface area contributed by atoms with Crippen LogP contribution in [0.15, 0.2) is 28.7 Å². The first-order valence-corrected chi connectivity index (χ1v) is 5.92. The molecule has 2 atom stereocenters. The van der Waals surface area contributed by atoms with E-state index in [0.29, 0.717) is 12.5 Å². The molecule has 3 heteroatoms. The zero-order valence-corrected chi connectivity index (χ0v) is 10.8. The third-order valence-electron chi connectivity index (χ3n) is 2.57. The van der Waals surface area contributed by atoms with Crippen LogP contribution in [-0.2, 0) is 11.2 Å². The Morgan fingerprint density at radius 2 is 2.07 bits per heavy atom. The van der Waals surface area contributed by atoms with Gasteiger partial charge in [-0.25, -0.2) is 0 Å². The van der Waals surface area contributed by atoms with Gasteiger partial charge in [0.25, 0.3) is 0 Å². The predicted octanol–water partition coefficient (Wildman–Crippen LogP) is 2.60. The SMILES string of the molecule is COCC(C)C(N)Cc1ccccc1Br. The monoisotopic (exact) mass is 271 g/mol. The fraction of sp³-hybridized carbons (Fsp3) is 0.500. The highest BCUT2D eigenvalue weighted by atomic mass is 79.9. The van der Waals surface area contributed by atoms with Crippen molar-refractivity contribution in [2.75, 3.05) is 13.7 Å². The smallest absolute Gasteiger partial charge is 0.0502 e. The molecule has 1 aromatic carbocycles. The van der Waals surface area contributed by atoms with Gasteiger partial charge in [0.05, 0.1) is 6.61 Å². The van der Waals surface area contributed by atoms with E-state index in [-0.39, 0.29) is 6.04 Å². The number of nitrogens with two attached hydrogens (primary N) is 1. The van der Waals surface area contributed by atoms with Gasteiger partial charge in [0, 0.05) is 17.6 Å². The van der Waals surface area contributed by atoms with Crippen LogP contribution in [0.1, 0.15) is 12.5 Å². The Hall–Kier alpha value is -0.380. The molecule has 1 aromatic rings. The molecule has 0 fully saturated rings. The third kappa shape index (κ3) is 3.93. The summed E-state index contributed by atoms with van der Waals surface area (Å²) < 4.78 is 6.23. The number of hydrogen-bond acceptors (Lipinski definition) is 2. The first-order valence-electron chi connectivity index (χ1n) is 5.13. The minimum Gasteiger partial charge on any atom is -0.384 e. The summed E-state index contributed by atoms with van der Waals surface area (Å²) in [5, 5.41) is 0. The van der Waals surface area contributed by atoms with E-state index in [2.05, 4.69) is 28.9 Å². The number of benzene rings is 1. The minimum atomic E-state index is 0.142. The van der Waals surface area contributed by atoms with Gasteiger partial charge in [-0.3, -0.25) is 0 Å². The standard InChI is InChI=1S/C12H18BrNO/c1-9(8-15-2)12(14)7-10-5-3-4-6-11(10)13/h3-6,9,12H,7-8,14H2,1-2H3. The van der Waals surface area contributed by atoms with Crippen LogP contribution < -0.4 is 5.73 Å². The lowest BCUT2D eigenvalue weighted by Gasteiger charge is -2.19. The maximum atomic E-state index is 6.10. The molecule has 0 aliphatic heterocycles. The molecule has 0 bridgehead atoms. The van der Waals surface area contributed by atoms with Crippen molar-refractivity contribution in [3.05, 3.63) is 34.3 Å². The second-order valence-electron chi connectivity index (χ2n) is 3.89. The zero-order valence-electron chi connectivity index (χ0n) is 9.24. The van der Waals surface area contributed by atoms with E-state index in [0.717, 1.165) is 10.9 Å². The normalized spacial score (nSPS) is 14.9. The Bertz CT molecular complexity index is 303. The molecule has 0 saturated heterocycles. The lowest BCUT2D eigenvalue weighted by Crippen LogP contribution is -2.33. The van der Waals surface area contributed by atoms with E-state index in [1.54, 1.807) is 7.11 Å². The van der Waals surface area contributed by atoms with Crippen LogP contribution in [0.5, 0.6) is 0 Å². The maximum Gasteiger partial charge on any atom is 0.0502 e. The van der Waals surface area contributed by atoms with Gasteiger partial charge >= 0.3 is 0 Å². The van der Waals surface area contributed by atoms with E-state index in [1.807, 2.05) is 18.2 Å². The highest BCUT2D eigenvalue weighted by Gasteiger charge is 2.14. The van der Waals surface area contributed by atoms with Crippen molar-refractivity contribution in [1.82, 2.24) is 0 Å². The molecule has 0 saturated carbocycles. The molecule has 2 N–H and O–H groups in total. The van der Waals surface area contributed by atoms with Crippen molar-refractivity contribution in [2.24, 2.45) is 11.7 Å². The molecule has 1 rings (SSSR count). The zero-order chi connectivity index (χ0) is 11.3. The molecule has 15 heavy (non-hydrogen) atoms. The lowest BCUT2D eigenvalue weighted by molar-refractivity contribution is 0.147. The molecule has 0 aromatic heterocycles. The molecular formula is C12H18BrNO. The first-order chi connectivity index (χ1) is 7.15. The Morgan fingerprint density at radius 1 is 1.40 bits per heavy atom. The van der Waals surface area contributed by atoms with Crippen molar-refractivity contribution in [3.63, 3.8) is 0 Å². The number of hydrogen-bond donors (Lipinski definition) is 1. The highest BCUT2D eigenvalue weighted by Crippen LogP contribution is 2.18. The van der Waals surface area contributed by atoms with Crippen LogP contribution >= 0.6 is 15.9 Å². The number of methoxy groups -OCH3 is 1. The second kappa shape index (κ2) is 6.26. The first kappa shape index (κ1) is 12.7. The Balaban J connectivity index is 2.58. The second-order valence-corrected chi connectivity index (χ2v) is 4.75. The van der Waals surface area contributed by atoms with E-state index in [9.17, 15) is 0 Å². The van der Waals surface area contributed by atoms with Gasteiger partial charge in [0.15, 0.2) is 0 Å². The fourth-order valence-corrected chi connectivity index (χ4v) is 1.95. The van der Waals surface area contributed by atoms with Crippen molar-refractivity contribution >= 4 is 15.9 Å². The van der Waals surface area contributed by atoms with Crippen molar-refractivity contribution in [2.45, 2.75) is 19.4 Å². The Labute approximate surface area is 99.9 Å². The molecule has 2 unspecified atom stereocenters. The summed E-state index contributed by atoms with van der Waals surface area (Å²) in [6.45, 7) is 2.83. The summed E-state index contributed by atoms with van der Waals surface area (Å²) in [6, 6.07) is 8.33. The average molecular weight is 272 g/mol. The molecular weight excluding hydrogens is 254 g/mol. The summed E-state index contributed by atoms with van der Waals surface area (Å²) in [5.74, 6) is 0.377. The third-order valence-corrected chi connectivity index (χ3v) is 3.35. The number of ether oxygens (including phenoxy) is 1. The van der Waals surface area contributed by atoms with E-state index in [1.165, 1.54) is 5.56 Å². The van der Waals surface area contributed by atoms with E-state index in [4.69, 9.17) is 10.5 Å². The molecule has 2 nitrogen and oxygen atoms in total. The van der Waals surface area contributed by atoms with Crippen LogP contribution in [0.2, 0.25) is 0 Å². The van der Waals surface area contributed by atoms with Gasteiger partial charge in [0.2, 0.25) is 0 Å². The molecule has 0 spiro atoms. The van der Waals surface area contributed by atoms with Crippen molar-refractivity contribution < 1.29 is 4.74 Å². The summed E-state index contributed by atoms with van der Waals surface area (Å²) >= 11 is 3.53. The fourth-order valence-electron chi connectivity index (χ4n) is 1.51. The van der Waals surface area contributed by atoms with Gasteiger partial charge in [-0.1, -0.05) is 41.1 Å². The van der Waals surface area contributed by atoms with Gasteiger partial charge in [-0.2, -0.15) is 0 Å².